The molecule has 2 N–H and O–H groups in total. The van der Waals surface area contributed by atoms with Crippen molar-refractivity contribution in [2.24, 2.45) is 0 Å². The largest absolute Gasteiger partial charge is 0.325 e. The first-order valence-electron chi connectivity index (χ1n) is 10.9. The number of benzene rings is 3. The Hall–Kier alpha value is -3.26. The topological polar surface area (TPSA) is 74.3 Å². The molecule has 1 heterocycles. The molecule has 0 radical (unpaired) electrons. The number of fused-ring (bicyclic) bond motifs is 1. The molecule has 0 fully saturated rings. The number of aromatic nitrogens is 1. The van der Waals surface area contributed by atoms with Crippen molar-refractivity contribution >= 4 is 56.3 Å². The SMILES string of the molecule is CC(C(=O)Nc1ccc(Cc2nc3ccccc3s2)cc1)N(C)CC(=O)Nc1ccc(Cl)cc1. The van der Waals surface area contributed by atoms with Gasteiger partial charge in [-0.2, -0.15) is 0 Å². The first kappa shape index (κ1) is 23.9. The van der Waals surface area contributed by atoms with Crippen molar-refractivity contribution in [1.82, 2.24) is 9.88 Å². The number of nitrogens with zero attached hydrogens (tertiary/aromatic N) is 2. The standard InChI is InChI=1S/C26H25ClN4O2S/c1-17(31(2)16-24(32)28-20-13-9-19(27)10-14-20)26(33)29-21-11-7-18(8-12-21)15-25-30-22-5-3-4-6-23(22)34-25/h3-14,17H,15-16H2,1-2H3,(H,28,32)(H,29,33). The van der Waals surface area contributed by atoms with Crippen LogP contribution in [0.25, 0.3) is 10.2 Å². The highest BCUT2D eigenvalue weighted by Crippen LogP contribution is 2.24. The molecule has 0 aliphatic carbocycles. The summed E-state index contributed by atoms with van der Waals surface area (Å²) >= 11 is 7.56. The third kappa shape index (κ3) is 6.20. The quantitative estimate of drug-likeness (QED) is 0.343. The van der Waals surface area contributed by atoms with E-state index in [4.69, 9.17) is 11.6 Å². The van der Waals surface area contributed by atoms with Crippen LogP contribution in [-0.2, 0) is 16.0 Å². The molecule has 1 unspecified atom stereocenters. The molecule has 0 bridgehead atoms. The highest BCUT2D eigenvalue weighted by atomic mass is 35.5. The highest BCUT2D eigenvalue weighted by Gasteiger charge is 2.20. The van der Waals surface area contributed by atoms with E-state index >= 15 is 0 Å². The maximum absolute atomic E-state index is 12.7. The molecule has 0 spiro atoms. The number of thiazole rings is 1. The zero-order valence-electron chi connectivity index (χ0n) is 18.9. The predicted molar refractivity (Wildman–Crippen MR) is 140 cm³/mol. The second kappa shape index (κ2) is 10.8. The van der Waals surface area contributed by atoms with Crippen LogP contribution in [0.4, 0.5) is 11.4 Å². The fourth-order valence-electron chi connectivity index (χ4n) is 3.42. The van der Waals surface area contributed by atoms with Gasteiger partial charge in [-0.05, 0) is 68.1 Å². The van der Waals surface area contributed by atoms with Gasteiger partial charge in [0.2, 0.25) is 11.8 Å². The van der Waals surface area contributed by atoms with E-state index in [1.165, 1.54) is 4.70 Å². The Kier molecular flexibility index (Phi) is 7.57. The molecular weight excluding hydrogens is 468 g/mol. The Morgan fingerprint density at radius 2 is 1.62 bits per heavy atom. The number of carbonyl (C=O) groups excluding carboxylic acids is 2. The minimum Gasteiger partial charge on any atom is -0.325 e. The zero-order valence-corrected chi connectivity index (χ0v) is 20.5. The molecule has 1 aromatic heterocycles. The normalized spacial score (nSPS) is 12.0. The zero-order chi connectivity index (χ0) is 24.1. The smallest absolute Gasteiger partial charge is 0.241 e. The second-order valence-corrected chi connectivity index (χ2v) is 9.64. The fraction of sp³-hybridized carbons (Fsp3) is 0.192. The van der Waals surface area contributed by atoms with E-state index in [9.17, 15) is 9.59 Å². The Labute approximate surface area is 207 Å². The van der Waals surface area contributed by atoms with Crippen molar-refractivity contribution in [3.8, 4) is 0 Å². The molecule has 4 rings (SSSR count). The van der Waals surface area contributed by atoms with Crippen LogP contribution in [0.2, 0.25) is 5.02 Å². The molecule has 0 aliphatic heterocycles. The van der Waals surface area contributed by atoms with Crippen molar-refractivity contribution in [2.75, 3.05) is 24.2 Å². The molecule has 0 saturated heterocycles. The van der Waals surface area contributed by atoms with E-state index in [2.05, 4.69) is 21.7 Å². The number of carbonyl (C=O) groups is 2. The number of nitrogens with one attached hydrogen (secondary N) is 2. The monoisotopic (exact) mass is 492 g/mol. The maximum atomic E-state index is 12.7. The van der Waals surface area contributed by atoms with Crippen molar-refractivity contribution < 1.29 is 9.59 Å². The van der Waals surface area contributed by atoms with Gasteiger partial charge < -0.3 is 10.6 Å². The average Bonchev–Trinajstić information content (AvgIpc) is 3.23. The molecule has 0 saturated carbocycles. The summed E-state index contributed by atoms with van der Waals surface area (Å²) in [5, 5.41) is 7.39. The lowest BCUT2D eigenvalue weighted by molar-refractivity contribution is -0.122. The van der Waals surface area contributed by atoms with Crippen LogP contribution in [0.1, 0.15) is 17.5 Å². The number of amides is 2. The van der Waals surface area contributed by atoms with Crippen LogP contribution in [0.15, 0.2) is 72.8 Å². The van der Waals surface area contributed by atoms with E-state index in [0.717, 1.165) is 22.5 Å². The lowest BCUT2D eigenvalue weighted by Gasteiger charge is -2.23. The first-order chi connectivity index (χ1) is 16.4. The van der Waals surface area contributed by atoms with Gasteiger partial charge in [0.15, 0.2) is 0 Å². The van der Waals surface area contributed by atoms with Crippen LogP contribution in [0, 0.1) is 0 Å². The molecule has 8 heteroatoms. The van der Waals surface area contributed by atoms with Crippen LogP contribution in [0.5, 0.6) is 0 Å². The number of anilines is 2. The first-order valence-corrected chi connectivity index (χ1v) is 12.1. The molecule has 174 valence electrons. The summed E-state index contributed by atoms with van der Waals surface area (Å²) in [6, 6.07) is 22.3. The Morgan fingerprint density at radius 3 is 2.32 bits per heavy atom. The van der Waals surface area contributed by atoms with E-state index in [0.29, 0.717) is 16.4 Å². The average molecular weight is 493 g/mol. The lowest BCUT2D eigenvalue weighted by Crippen LogP contribution is -2.43. The number of para-hydroxylation sites is 1. The minimum atomic E-state index is -0.488. The van der Waals surface area contributed by atoms with Crippen molar-refractivity contribution in [3.63, 3.8) is 0 Å². The Balaban J connectivity index is 1.28. The summed E-state index contributed by atoms with van der Waals surface area (Å²) in [5.41, 5.74) is 3.52. The molecular formula is C26H25ClN4O2S. The molecule has 3 aromatic carbocycles. The second-order valence-electron chi connectivity index (χ2n) is 8.08. The Morgan fingerprint density at radius 1 is 0.971 bits per heavy atom. The molecule has 2 amide bonds. The summed E-state index contributed by atoms with van der Waals surface area (Å²) in [6.45, 7) is 1.85. The van der Waals surface area contributed by atoms with Gasteiger partial charge in [-0.15, -0.1) is 11.3 Å². The van der Waals surface area contributed by atoms with E-state index < -0.39 is 6.04 Å². The summed E-state index contributed by atoms with van der Waals surface area (Å²) in [7, 11) is 1.74. The van der Waals surface area contributed by atoms with Crippen molar-refractivity contribution in [2.45, 2.75) is 19.4 Å². The highest BCUT2D eigenvalue weighted by molar-refractivity contribution is 7.18. The molecule has 1 atom stereocenters. The lowest BCUT2D eigenvalue weighted by atomic mass is 10.1. The number of halogens is 1. The summed E-state index contributed by atoms with van der Waals surface area (Å²) in [4.78, 5) is 31.4. The summed E-state index contributed by atoms with van der Waals surface area (Å²) in [6.07, 6.45) is 0.745. The molecule has 4 aromatic rings. The van der Waals surface area contributed by atoms with E-state index in [1.54, 1.807) is 54.5 Å². The molecule has 0 aliphatic rings. The fourth-order valence-corrected chi connectivity index (χ4v) is 4.55. The maximum Gasteiger partial charge on any atom is 0.241 e. The van der Waals surface area contributed by atoms with Crippen LogP contribution < -0.4 is 10.6 Å². The third-order valence-corrected chi connectivity index (χ3v) is 6.76. The number of hydrogen-bond donors (Lipinski definition) is 2. The van der Waals surface area contributed by atoms with E-state index in [-0.39, 0.29) is 18.4 Å². The van der Waals surface area contributed by atoms with Crippen LogP contribution in [-0.4, -0.2) is 41.3 Å². The number of rotatable bonds is 8. The van der Waals surface area contributed by atoms with Crippen molar-refractivity contribution in [1.29, 1.82) is 0 Å². The molecule has 6 nitrogen and oxygen atoms in total. The van der Waals surface area contributed by atoms with Gasteiger partial charge in [-0.25, -0.2) is 4.98 Å². The number of hydrogen-bond acceptors (Lipinski definition) is 5. The van der Waals surface area contributed by atoms with Crippen molar-refractivity contribution in [3.05, 3.63) is 88.4 Å². The van der Waals surface area contributed by atoms with Gasteiger partial charge in [0.25, 0.3) is 0 Å². The van der Waals surface area contributed by atoms with Gasteiger partial charge >= 0.3 is 0 Å². The van der Waals surface area contributed by atoms with Crippen LogP contribution >= 0.6 is 22.9 Å². The number of likely N-dealkylation sites (N-methyl/N-ethyl adjacent to an activating group) is 1. The minimum absolute atomic E-state index is 0.0817. The molecule has 34 heavy (non-hydrogen) atoms. The van der Waals surface area contributed by atoms with Crippen LogP contribution in [0.3, 0.4) is 0 Å². The summed E-state index contributed by atoms with van der Waals surface area (Å²) in [5.74, 6) is -0.385. The van der Waals surface area contributed by atoms with Gasteiger partial charge in [-0.1, -0.05) is 35.9 Å². The van der Waals surface area contributed by atoms with Gasteiger partial charge in [0, 0.05) is 22.8 Å². The Bertz CT molecular complexity index is 1260. The summed E-state index contributed by atoms with van der Waals surface area (Å²) < 4.78 is 1.18. The predicted octanol–water partition coefficient (Wildman–Crippen LogP) is 5.44. The third-order valence-electron chi connectivity index (χ3n) is 5.48. The van der Waals surface area contributed by atoms with Gasteiger partial charge in [0.05, 0.1) is 27.8 Å². The van der Waals surface area contributed by atoms with E-state index in [1.807, 2.05) is 42.5 Å². The van der Waals surface area contributed by atoms with Gasteiger partial charge in [0.1, 0.15) is 0 Å². The van der Waals surface area contributed by atoms with Gasteiger partial charge in [-0.3, -0.25) is 14.5 Å².